The molecule has 0 radical (unpaired) electrons. The maximum absolute atomic E-state index is 10.5. The van der Waals surface area contributed by atoms with Crippen molar-refractivity contribution in [3.63, 3.8) is 0 Å². The van der Waals surface area contributed by atoms with Crippen molar-refractivity contribution in [2.75, 3.05) is 38.1 Å². The Morgan fingerprint density at radius 1 is 0.946 bits per heavy atom. The van der Waals surface area contributed by atoms with Crippen LogP contribution in [0.3, 0.4) is 0 Å². The van der Waals surface area contributed by atoms with Crippen molar-refractivity contribution < 1.29 is 9.84 Å². The van der Waals surface area contributed by atoms with E-state index in [1.54, 1.807) is 0 Å². The van der Waals surface area contributed by atoms with Crippen molar-refractivity contribution in [2.45, 2.75) is 43.9 Å². The number of nitrogens with zero attached hydrogens (tertiary/aromatic N) is 4. The van der Waals surface area contributed by atoms with Crippen molar-refractivity contribution in [1.29, 1.82) is 0 Å². The number of ether oxygens (including phenoxy) is 1. The van der Waals surface area contributed by atoms with E-state index in [1.807, 2.05) is 30.3 Å². The van der Waals surface area contributed by atoms with E-state index in [0.717, 1.165) is 77.6 Å². The number of piperidine rings is 1. The summed E-state index contributed by atoms with van der Waals surface area (Å²) in [6, 6.07) is 19.6. The predicted octanol–water partition coefficient (Wildman–Crippen LogP) is 4.57. The molecule has 0 spiro atoms. The highest BCUT2D eigenvalue weighted by Crippen LogP contribution is 2.39. The quantitative estimate of drug-likeness (QED) is 0.430. The summed E-state index contributed by atoms with van der Waals surface area (Å²) in [5, 5.41) is 17.2. The molecule has 190 valence electrons. The third-order valence-electron chi connectivity index (χ3n) is 8.29. The smallest absolute Gasteiger partial charge is 0.319 e. The lowest BCUT2D eigenvalue weighted by atomic mass is 9.97. The molecule has 3 saturated heterocycles. The van der Waals surface area contributed by atoms with Gasteiger partial charge in [0.05, 0.1) is 5.52 Å². The molecule has 2 N–H and O–H groups in total. The van der Waals surface area contributed by atoms with Crippen LogP contribution in [0.4, 0.5) is 5.82 Å². The SMILES string of the molecule is CN1CCCC(Oc2nc(N3[C@@H]4CC[C@H]3CNC4)c3ccc(-c4cc(O)cc5ccccc45)cc3n2)C1. The lowest BCUT2D eigenvalue weighted by molar-refractivity contribution is 0.0959. The molecular weight excluding hydrogens is 462 g/mol. The van der Waals surface area contributed by atoms with Gasteiger partial charge < -0.3 is 25.0 Å². The van der Waals surface area contributed by atoms with Crippen LogP contribution in [-0.4, -0.2) is 71.4 Å². The molecule has 1 aromatic heterocycles. The van der Waals surface area contributed by atoms with Crippen LogP contribution in [0.25, 0.3) is 32.8 Å². The fourth-order valence-corrected chi connectivity index (χ4v) is 6.53. The van der Waals surface area contributed by atoms with Gasteiger partial charge in [-0.05, 0) is 85.4 Å². The number of hydrogen-bond acceptors (Lipinski definition) is 7. The summed E-state index contributed by atoms with van der Waals surface area (Å²) < 4.78 is 6.44. The Balaban J connectivity index is 1.36. The van der Waals surface area contributed by atoms with Crippen molar-refractivity contribution in [3.05, 3.63) is 54.6 Å². The van der Waals surface area contributed by atoms with Gasteiger partial charge in [0, 0.05) is 37.1 Å². The summed E-state index contributed by atoms with van der Waals surface area (Å²) in [7, 11) is 2.15. The molecule has 0 aliphatic carbocycles. The van der Waals surface area contributed by atoms with Gasteiger partial charge in [0.1, 0.15) is 17.7 Å². The molecule has 7 nitrogen and oxygen atoms in total. The fourth-order valence-electron chi connectivity index (χ4n) is 6.53. The Hall–Kier alpha value is -3.42. The number of nitrogens with one attached hydrogen (secondary N) is 1. The van der Waals surface area contributed by atoms with Gasteiger partial charge in [0.2, 0.25) is 0 Å². The van der Waals surface area contributed by atoms with E-state index in [-0.39, 0.29) is 11.9 Å². The van der Waals surface area contributed by atoms with Gasteiger partial charge in [0.15, 0.2) is 0 Å². The summed E-state index contributed by atoms with van der Waals surface area (Å²) >= 11 is 0. The van der Waals surface area contributed by atoms with Gasteiger partial charge in [-0.3, -0.25) is 0 Å². The van der Waals surface area contributed by atoms with Gasteiger partial charge in [-0.2, -0.15) is 9.97 Å². The van der Waals surface area contributed by atoms with Crippen molar-refractivity contribution in [2.24, 2.45) is 0 Å². The number of likely N-dealkylation sites (tertiary alicyclic amines) is 1. The number of aromatic nitrogens is 2. The first kappa shape index (κ1) is 22.8. The second kappa shape index (κ2) is 9.15. The summed E-state index contributed by atoms with van der Waals surface area (Å²) in [5.41, 5.74) is 2.90. The number of phenols is 1. The Bertz CT molecular complexity index is 1460. The van der Waals surface area contributed by atoms with Gasteiger partial charge in [-0.15, -0.1) is 0 Å². The Morgan fingerprint density at radius 3 is 2.62 bits per heavy atom. The van der Waals surface area contributed by atoms with E-state index in [1.165, 1.54) is 12.8 Å². The zero-order valence-corrected chi connectivity index (χ0v) is 21.2. The predicted molar refractivity (Wildman–Crippen MR) is 147 cm³/mol. The van der Waals surface area contributed by atoms with E-state index in [2.05, 4.69) is 46.4 Å². The molecule has 0 amide bonds. The van der Waals surface area contributed by atoms with Crippen LogP contribution in [0.5, 0.6) is 11.8 Å². The molecule has 3 aliphatic rings. The van der Waals surface area contributed by atoms with Crippen LogP contribution >= 0.6 is 0 Å². The minimum Gasteiger partial charge on any atom is -0.508 e. The van der Waals surface area contributed by atoms with Gasteiger partial charge >= 0.3 is 6.01 Å². The highest BCUT2D eigenvalue weighted by Gasteiger charge is 2.38. The average molecular weight is 496 g/mol. The van der Waals surface area contributed by atoms with Crippen LogP contribution in [-0.2, 0) is 0 Å². The number of benzene rings is 3. The maximum Gasteiger partial charge on any atom is 0.319 e. The highest BCUT2D eigenvalue weighted by atomic mass is 16.5. The number of aromatic hydroxyl groups is 1. The molecular formula is C30H33N5O2. The van der Waals surface area contributed by atoms with Crippen molar-refractivity contribution >= 4 is 27.5 Å². The molecule has 1 unspecified atom stereocenters. The molecule has 3 fully saturated rings. The lowest BCUT2D eigenvalue weighted by Crippen LogP contribution is -2.52. The molecule has 3 atom stereocenters. The van der Waals surface area contributed by atoms with E-state index < -0.39 is 0 Å². The van der Waals surface area contributed by atoms with Gasteiger partial charge in [0.25, 0.3) is 0 Å². The fraction of sp³-hybridized carbons (Fsp3) is 0.400. The Kier molecular flexibility index (Phi) is 5.63. The molecule has 7 heteroatoms. The van der Waals surface area contributed by atoms with Crippen LogP contribution in [0.1, 0.15) is 25.7 Å². The number of hydrogen-bond donors (Lipinski definition) is 2. The second-order valence-electron chi connectivity index (χ2n) is 10.9. The van der Waals surface area contributed by atoms with Crippen LogP contribution in [0.15, 0.2) is 54.6 Å². The monoisotopic (exact) mass is 495 g/mol. The topological polar surface area (TPSA) is 73.8 Å². The van der Waals surface area contributed by atoms with Crippen molar-refractivity contribution in [3.8, 4) is 22.9 Å². The normalized spacial score (nSPS) is 24.1. The van der Waals surface area contributed by atoms with E-state index >= 15 is 0 Å². The molecule has 37 heavy (non-hydrogen) atoms. The zero-order chi connectivity index (χ0) is 24.9. The number of phenolic OH excluding ortho intramolecular Hbond substituents is 1. The largest absolute Gasteiger partial charge is 0.508 e. The third kappa shape index (κ3) is 4.16. The maximum atomic E-state index is 10.5. The molecule has 4 heterocycles. The highest BCUT2D eigenvalue weighted by molar-refractivity contribution is 6.01. The first-order chi connectivity index (χ1) is 18.1. The Morgan fingerprint density at radius 2 is 1.78 bits per heavy atom. The number of anilines is 1. The van der Waals surface area contributed by atoms with Gasteiger partial charge in [-0.25, -0.2) is 0 Å². The average Bonchev–Trinajstić information content (AvgIpc) is 3.14. The summed E-state index contributed by atoms with van der Waals surface area (Å²) in [6.45, 7) is 3.97. The summed E-state index contributed by atoms with van der Waals surface area (Å²) in [4.78, 5) is 14.8. The summed E-state index contributed by atoms with van der Waals surface area (Å²) in [6.07, 6.45) is 4.61. The second-order valence-corrected chi connectivity index (χ2v) is 10.9. The Labute approximate surface area is 217 Å². The number of rotatable bonds is 4. The first-order valence-electron chi connectivity index (χ1n) is 13.5. The number of piperazine rings is 1. The van der Waals surface area contributed by atoms with E-state index in [0.29, 0.717) is 18.1 Å². The van der Waals surface area contributed by atoms with E-state index in [9.17, 15) is 5.11 Å². The minimum atomic E-state index is 0.0991. The van der Waals surface area contributed by atoms with Crippen LogP contribution in [0.2, 0.25) is 0 Å². The van der Waals surface area contributed by atoms with Crippen molar-refractivity contribution in [1.82, 2.24) is 20.2 Å². The van der Waals surface area contributed by atoms with E-state index in [4.69, 9.17) is 14.7 Å². The minimum absolute atomic E-state index is 0.0991. The molecule has 3 aromatic carbocycles. The van der Waals surface area contributed by atoms with Crippen LogP contribution < -0.4 is 15.0 Å². The third-order valence-corrected chi connectivity index (χ3v) is 8.29. The molecule has 4 aromatic rings. The molecule has 7 rings (SSSR count). The molecule has 3 aliphatic heterocycles. The van der Waals surface area contributed by atoms with Crippen LogP contribution in [0, 0.1) is 0 Å². The zero-order valence-electron chi connectivity index (χ0n) is 21.2. The molecule has 2 bridgehead atoms. The lowest BCUT2D eigenvalue weighted by Gasteiger charge is -2.37. The number of likely N-dealkylation sites (N-methyl/N-ethyl adjacent to an activating group) is 1. The standard InChI is InChI=1S/C30H33N5O2/c1-34-12-4-6-24(18-34)37-30-32-28-14-20(27-15-23(36)13-19-5-2-3-7-25(19)27)8-11-26(28)29(33-30)35-21-9-10-22(35)17-31-16-21/h2-3,5,7-8,11,13-15,21-22,24,31,36H,4,6,9-10,12,16-18H2,1H3/t21-,22+,24?. The first-order valence-corrected chi connectivity index (χ1v) is 13.5. The number of fused-ring (bicyclic) bond motifs is 4. The summed E-state index contributed by atoms with van der Waals surface area (Å²) in [5.74, 6) is 1.26. The van der Waals surface area contributed by atoms with Gasteiger partial charge in [-0.1, -0.05) is 30.3 Å². The molecule has 0 saturated carbocycles.